The molecule has 0 bridgehead atoms. The average Bonchev–Trinajstić information content (AvgIpc) is 2.97. The summed E-state index contributed by atoms with van der Waals surface area (Å²) in [6, 6.07) is 7.28. The zero-order valence-corrected chi connectivity index (χ0v) is 12.9. The average molecular weight is 308 g/mol. The van der Waals surface area contributed by atoms with E-state index in [0.717, 1.165) is 5.56 Å². The Morgan fingerprint density at radius 3 is 2.67 bits per heavy atom. The van der Waals surface area contributed by atoms with Crippen LogP contribution in [0.2, 0.25) is 0 Å². The molecule has 0 aliphatic heterocycles. The summed E-state index contributed by atoms with van der Waals surface area (Å²) >= 11 is 0. The third-order valence-electron chi connectivity index (χ3n) is 2.95. The molecule has 2 aromatic rings. The van der Waals surface area contributed by atoms with Gasteiger partial charge in [-0.15, -0.1) is 0 Å². The predicted molar refractivity (Wildman–Crippen MR) is 81.0 cm³/mol. The monoisotopic (exact) mass is 308 g/mol. The molecule has 0 amide bonds. The Balaban J connectivity index is 2.15. The third kappa shape index (κ3) is 4.38. The van der Waals surface area contributed by atoms with Crippen molar-refractivity contribution in [2.75, 3.05) is 0 Å². The SMILES string of the molecule is CC(C)NCc1ccccc1S(=O)(=O)NCc1ncc[nH]1. The van der Waals surface area contributed by atoms with Crippen LogP contribution in [-0.4, -0.2) is 24.4 Å². The van der Waals surface area contributed by atoms with E-state index in [1.165, 1.54) is 0 Å². The topological polar surface area (TPSA) is 86.9 Å². The molecule has 0 fully saturated rings. The molecule has 21 heavy (non-hydrogen) atoms. The fourth-order valence-electron chi connectivity index (χ4n) is 1.86. The summed E-state index contributed by atoms with van der Waals surface area (Å²) in [6.07, 6.45) is 3.24. The van der Waals surface area contributed by atoms with Gasteiger partial charge >= 0.3 is 0 Å². The number of rotatable bonds is 7. The van der Waals surface area contributed by atoms with Gasteiger partial charge in [0.15, 0.2) is 0 Å². The fourth-order valence-corrected chi connectivity index (χ4v) is 3.09. The van der Waals surface area contributed by atoms with Crippen molar-refractivity contribution in [3.05, 3.63) is 48.0 Å². The Morgan fingerprint density at radius 1 is 1.24 bits per heavy atom. The molecule has 0 saturated heterocycles. The van der Waals surface area contributed by atoms with Gasteiger partial charge in [-0.05, 0) is 11.6 Å². The predicted octanol–water partition coefficient (Wildman–Crippen LogP) is 1.39. The molecule has 0 unspecified atom stereocenters. The zero-order chi connectivity index (χ0) is 15.3. The number of nitrogens with zero attached hydrogens (tertiary/aromatic N) is 1. The maximum absolute atomic E-state index is 12.4. The minimum absolute atomic E-state index is 0.140. The van der Waals surface area contributed by atoms with Crippen molar-refractivity contribution in [1.29, 1.82) is 0 Å². The number of nitrogens with one attached hydrogen (secondary N) is 3. The van der Waals surface area contributed by atoms with Crippen molar-refractivity contribution in [3.63, 3.8) is 0 Å². The number of hydrogen-bond donors (Lipinski definition) is 3. The lowest BCUT2D eigenvalue weighted by Crippen LogP contribution is -2.27. The summed E-state index contributed by atoms with van der Waals surface area (Å²) in [7, 11) is -3.56. The van der Waals surface area contributed by atoms with Crippen molar-refractivity contribution in [2.24, 2.45) is 0 Å². The van der Waals surface area contributed by atoms with Gasteiger partial charge in [0, 0.05) is 25.0 Å². The molecular formula is C14H20N4O2S. The quantitative estimate of drug-likeness (QED) is 0.721. The largest absolute Gasteiger partial charge is 0.347 e. The van der Waals surface area contributed by atoms with Gasteiger partial charge in [-0.3, -0.25) is 0 Å². The molecule has 0 atom stereocenters. The van der Waals surface area contributed by atoms with E-state index in [2.05, 4.69) is 20.0 Å². The molecule has 0 aliphatic rings. The van der Waals surface area contributed by atoms with Crippen molar-refractivity contribution in [1.82, 2.24) is 20.0 Å². The highest BCUT2D eigenvalue weighted by molar-refractivity contribution is 7.89. The van der Waals surface area contributed by atoms with Crippen LogP contribution in [0, 0.1) is 0 Å². The fraction of sp³-hybridized carbons (Fsp3) is 0.357. The van der Waals surface area contributed by atoms with E-state index < -0.39 is 10.0 Å². The molecule has 1 aromatic heterocycles. The van der Waals surface area contributed by atoms with E-state index in [9.17, 15) is 8.42 Å². The lowest BCUT2D eigenvalue weighted by atomic mass is 10.2. The van der Waals surface area contributed by atoms with E-state index in [1.54, 1.807) is 24.5 Å². The summed E-state index contributed by atoms with van der Waals surface area (Å²) < 4.78 is 27.4. The summed E-state index contributed by atoms with van der Waals surface area (Å²) in [5, 5.41) is 3.23. The molecule has 2 rings (SSSR count). The van der Waals surface area contributed by atoms with Gasteiger partial charge in [-0.1, -0.05) is 32.0 Å². The maximum Gasteiger partial charge on any atom is 0.241 e. The van der Waals surface area contributed by atoms with Gasteiger partial charge in [0.05, 0.1) is 11.4 Å². The van der Waals surface area contributed by atoms with Crippen LogP contribution in [0.1, 0.15) is 25.2 Å². The highest BCUT2D eigenvalue weighted by Gasteiger charge is 2.18. The minimum Gasteiger partial charge on any atom is -0.347 e. The molecule has 114 valence electrons. The van der Waals surface area contributed by atoms with Gasteiger partial charge in [-0.25, -0.2) is 18.1 Å². The normalized spacial score (nSPS) is 12.0. The Kier molecular flexibility index (Phi) is 5.11. The van der Waals surface area contributed by atoms with Crippen LogP contribution in [-0.2, 0) is 23.1 Å². The number of aromatic amines is 1. The number of sulfonamides is 1. The van der Waals surface area contributed by atoms with Crippen LogP contribution < -0.4 is 10.0 Å². The summed E-state index contributed by atoms with van der Waals surface area (Å²) in [6.45, 7) is 4.69. The lowest BCUT2D eigenvalue weighted by molar-refractivity contribution is 0.567. The number of benzene rings is 1. The standard InChI is InChI=1S/C14H20N4O2S/c1-11(2)17-9-12-5-3-4-6-13(12)21(19,20)18-10-14-15-7-8-16-14/h3-8,11,17-18H,9-10H2,1-2H3,(H,15,16). The second kappa shape index (κ2) is 6.84. The molecule has 1 aromatic carbocycles. The van der Waals surface area contributed by atoms with Crippen LogP contribution in [0.25, 0.3) is 0 Å². The van der Waals surface area contributed by atoms with E-state index in [1.807, 2.05) is 26.0 Å². The van der Waals surface area contributed by atoms with Gasteiger partial charge in [-0.2, -0.15) is 0 Å². The van der Waals surface area contributed by atoms with E-state index >= 15 is 0 Å². The minimum atomic E-state index is -3.56. The van der Waals surface area contributed by atoms with Crippen LogP contribution in [0.4, 0.5) is 0 Å². The van der Waals surface area contributed by atoms with Gasteiger partial charge < -0.3 is 10.3 Å². The first-order valence-corrected chi connectivity index (χ1v) is 8.26. The van der Waals surface area contributed by atoms with Gasteiger partial charge in [0.25, 0.3) is 0 Å². The molecule has 0 aliphatic carbocycles. The zero-order valence-electron chi connectivity index (χ0n) is 12.1. The van der Waals surface area contributed by atoms with Gasteiger partial charge in [0.2, 0.25) is 10.0 Å². The van der Waals surface area contributed by atoms with Gasteiger partial charge in [0.1, 0.15) is 5.82 Å². The molecule has 7 heteroatoms. The van der Waals surface area contributed by atoms with Crippen molar-refractivity contribution in [2.45, 2.75) is 37.9 Å². The molecule has 6 nitrogen and oxygen atoms in total. The highest BCUT2D eigenvalue weighted by atomic mass is 32.2. The summed E-state index contributed by atoms with van der Waals surface area (Å²) in [5.41, 5.74) is 0.748. The van der Waals surface area contributed by atoms with Crippen LogP contribution >= 0.6 is 0 Å². The van der Waals surface area contributed by atoms with Crippen LogP contribution in [0.3, 0.4) is 0 Å². The number of hydrogen-bond acceptors (Lipinski definition) is 4. The number of H-pyrrole nitrogens is 1. The molecule has 0 saturated carbocycles. The Labute approximate surface area is 125 Å². The lowest BCUT2D eigenvalue weighted by Gasteiger charge is -2.13. The van der Waals surface area contributed by atoms with E-state index in [0.29, 0.717) is 17.3 Å². The maximum atomic E-state index is 12.4. The summed E-state index contributed by atoms with van der Waals surface area (Å²) in [5.74, 6) is 0.580. The van der Waals surface area contributed by atoms with E-state index in [-0.39, 0.29) is 12.6 Å². The first kappa shape index (κ1) is 15.7. The summed E-state index contributed by atoms with van der Waals surface area (Å²) in [4.78, 5) is 7.16. The molecular weight excluding hydrogens is 288 g/mol. The molecule has 0 radical (unpaired) electrons. The van der Waals surface area contributed by atoms with Crippen molar-refractivity contribution in [3.8, 4) is 0 Å². The number of imidazole rings is 1. The molecule has 0 spiro atoms. The van der Waals surface area contributed by atoms with Crippen LogP contribution in [0.5, 0.6) is 0 Å². The number of aromatic nitrogens is 2. The first-order valence-electron chi connectivity index (χ1n) is 6.78. The Morgan fingerprint density at radius 2 is 2.00 bits per heavy atom. The Bertz CT molecular complexity index is 666. The van der Waals surface area contributed by atoms with Crippen molar-refractivity contribution < 1.29 is 8.42 Å². The molecule has 3 N–H and O–H groups in total. The second-order valence-corrected chi connectivity index (χ2v) is 6.74. The smallest absolute Gasteiger partial charge is 0.241 e. The van der Waals surface area contributed by atoms with Crippen LogP contribution in [0.15, 0.2) is 41.6 Å². The van der Waals surface area contributed by atoms with E-state index in [4.69, 9.17) is 0 Å². The highest BCUT2D eigenvalue weighted by Crippen LogP contribution is 2.15. The third-order valence-corrected chi connectivity index (χ3v) is 4.45. The first-order chi connectivity index (χ1) is 9.99. The second-order valence-electron chi connectivity index (χ2n) is 5.00. The van der Waals surface area contributed by atoms with Crippen molar-refractivity contribution >= 4 is 10.0 Å². The Hall–Kier alpha value is -1.70. The molecule has 1 heterocycles.